The molecule has 6 nitrogen and oxygen atoms in total. The molecule has 3 rings (SSSR count). The van der Waals surface area contributed by atoms with Crippen molar-refractivity contribution in [3.63, 3.8) is 0 Å². The minimum absolute atomic E-state index is 0.0185. The topological polar surface area (TPSA) is 64.4 Å². The fourth-order valence-corrected chi connectivity index (χ4v) is 3.16. The lowest BCUT2D eigenvalue weighted by Crippen LogP contribution is -2.54. The summed E-state index contributed by atoms with van der Waals surface area (Å²) < 4.78 is 7.31. The van der Waals surface area contributed by atoms with Crippen LogP contribution in [0.1, 0.15) is 20.8 Å². The zero-order valence-corrected chi connectivity index (χ0v) is 13.7. The number of carbonyl (C=O) groups is 1. The number of benzene rings is 1. The van der Waals surface area contributed by atoms with E-state index < -0.39 is 0 Å². The molecule has 6 heteroatoms. The Kier molecular flexibility index (Phi) is 3.93. The van der Waals surface area contributed by atoms with E-state index in [1.807, 2.05) is 45.0 Å². The van der Waals surface area contributed by atoms with Gasteiger partial charge in [-0.2, -0.15) is 0 Å². The van der Waals surface area contributed by atoms with Gasteiger partial charge in [0, 0.05) is 13.1 Å². The molecule has 122 valence electrons. The first-order valence-electron chi connectivity index (χ1n) is 7.76. The van der Waals surface area contributed by atoms with Crippen molar-refractivity contribution < 1.29 is 9.53 Å². The predicted molar refractivity (Wildman–Crippen MR) is 87.2 cm³/mol. The number of hydrogen-bond acceptors (Lipinski definition) is 4. The summed E-state index contributed by atoms with van der Waals surface area (Å²) >= 11 is 0. The van der Waals surface area contributed by atoms with Crippen molar-refractivity contribution in [1.29, 1.82) is 0 Å². The average molecular weight is 315 g/mol. The van der Waals surface area contributed by atoms with E-state index in [2.05, 4.69) is 4.98 Å². The molecule has 1 aromatic heterocycles. The lowest BCUT2D eigenvalue weighted by Gasteiger charge is -2.41. The van der Waals surface area contributed by atoms with Gasteiger partial charge in [0.2, 0.25) is 5.91 Å². The Balaban J connectivity index is 1.89. The van der Waals surface area contributed by atoms with Crippen LogP contribution in [0.5, 0.6) is 0 Å². The number of carbonyl (C=O) groups excluding carboxylic acids is 1. The highest BCUT2D eigenvalue weighted by atomic mass is 16.5. The number of aromatic nitrogens is 2. The molecule has 0 N–H and O–H groups in total. The van der Waals surface area contributed by atoms with E-state index in [0.717, 1.165) is 0 Å². The van der Waals surface area contributed by atoms with Gasteiger partial charge in [0.05, 0.1) is 28.9 Å². The number of ether oxygens (including phenoxy) is 1. The molecule has 1 aromatic carbocycles. The Morgan fingerprint density at radius 2 is 2.13 bits per heavy atom. The van der Waals surface area contributed by atoms with Gasteiger partial charge in [0.1, 0.15) is 6.54 Å². The molecular formula is C17H21N3O3. The second-order valence-electron chi connectivity index (χ2n) is 6.63. The summed E-state index contributed by atoms with van der Waals surface area (Å²) in [6, 6.07) is 7.33. The molecule has 1 atom stereocenters. The largest absolute Gasteiger partial charge is 0.369 e. The Morgan fingerprint density at radius 3 is 2.87 bits per heavy atom. The Bertz CT molecular complexity index is 797. The lowest BCUT2D eigenvalue weighted by atomic mass is 10.1. The number of fused-ring (bicyclic) bond motifs is 1. The summed E-state index contributed by atoms with van der Waals surface area (Å²) in [6.07, 6.45) is 1.25. The van der Waals surface area contributed by atoms with Gasteiger partial charge in [-0.05, 0) is 32.9 Å². The molecule has 1 saturated heterocycles. The molecule has 0 aliphatic carbocycles. The van der Waals surface area contributed by atoms with Crippen molar-refractivity contribution in [2.75, 3.05) is 13.1 Å². The number of rotatable bonds is 2. The summed E-state index contributed by atoms with van der Waals surface area (Å²) in [7, 11) is 0. The van der Waals surface area contributed by atoms with Gasteiger partial charge < -0.3 is 9.64 Å². The van der Waals surface area contributed by atoms with E-state index in [1.54, 1.807) is 4.90 Å². The number of morpholine rings is 1. The fraction of sp³-hybridized carbons (Fsp3) is 0.471. The van der Waals surface area contributed by atoms with Gasteiger partial charge in [-0.3, -0.25) is 14.2 Å². The van der Waals surface area contributed by atoms with Crippen molar-refractivity contribution in [2.45, 2.75) is 39.0 Å². The minimum Gasteiger partial charge on any atom is -0.369 e. The maximum Gasteiger partial charge on any atom is 0.269 e. The molecule has 1 aliphatic rings. The van der Waals surface area contributed by atoms with Crippen LogP contribution in [0.4, 0.5) is 0 Å². The number of para-hydroxylation sites is 2. The van der Waals surface area contributed by atoms with Gasteiger partial charge in [-0.15, -0.1) is 0 Å². The fourth-order valence-electron chi connectivity index (χ4n) is 3.16. The smallest absolute Gasteiger partial charge is 0.269 e. The molecular weight excluding hydrogens is 294 g/mol. The highest BCUT2D eigenvalue weighted by molar-refractivity contribution is 5.80. The summed E-state index contributed by atoms with van der Waals surface area (Å²) in [5.41, 5.74) is 0.737. The molecule has 1 fully saturated rings. The van der Waals surface area contributed by atoms with Crippen molar-refractivity contribution in [2.24, 2.45) is 0 Å². The highest BCUT2D eigenvalue weighted by Crippen LogP contribution is 2.21. The van der Waals surface area contributed by atoms with Crippen LogP contribution >= 0.6 is 0 Å². The van der Waals surface area contributed by atoms with Gasteiger partial charge in [0.15, 0.2) is 0 Å². The zero-order chi connectivity index (χ0) is 16.6. The predicted octanol–water partition coefficient (Wildman–Crippen LogP) is 1.42. The van der Waals surface area contributed by atoms with E-state index in [9.17, 15) is 9.59 Å². The van der Waals surface area contributed by atoms with E-state index in [4.69, 9.17) is 4.74 Å². The molecule has 2 heterocycles. The van der Waals surface area contributed by atoms with Crippen molar-refractivity contribution >= 4 is 16.9 Å². The zero-order valence-electron chi connectivity index (χ0n) is 13.7. The summed E-state index contributed by atoms with van der Waals surface area (Å²) in [6.45, 7) is 6.97. The van der Waals surface area contributed by atoms with Gasteiger partial charge >= 0.3 is 0 Å². The summed E-state index contributed by atoms with van der Waals surface area (Å²) in [5.74, 6) is -0.0771. The second-order valence-corrected chi connectivity index (χ2v) is 6.63. The van der Waals surface area contributed by atoms with E-state index >= 15 is 0 Å². The number of nitrogens with zero attached hydrogens (tertiary/aromatic N) is 3. The summed E-state index contributed by atoms with van der Waals surface area (Å²) in [5, 5.41) is 0. The normalized spacial score (nSPS) is 20.7. The third-order valence-corrected chi connectivity index (χ3v) is 3.97. The van der Waals surface area contributed by atoms with Crippen LogP contribution in [0.2, 0.25) is 0 Å². The van der Waals surface area contributed by atoms with Crippen LogP contribution in [0, 0.1) is 0 Å². The van der Waals surface area contributed by atoms with Crippen LogP contribution < -0.4 is 5.56 Å². The van der Waals surface area contributed by atoms with Crippen molar-refractivity contribution in [1.82, 2.24) is 14.5 Å². The van der Waals surface area contributed by atoms with Crippen LogP contribution in [0.15, 0.2) is 35.3 Å². The molecule has 0 bridgehead atoms. The molecule has 1 unspecified atom stereocenters. The minimum atomic E-state index is -0.376. The Morgan fingerprint density at radius 1 is 1.39 bits per heavy atom. The first kappa shape index (κ1) is 15.7. The van der Waals surface area contributed by atoms with E-state index in [0.29, 0.717) is 24.1 Å². The number of amides is 1. The first-order valence-corrected chi connectivity index (χ1v) is 7.76. The first-order chi connectivity index (χ1) is 10.9. The molecule has 0 radical (unpaired) electrons. The monoisotopic (exact) mass is 315 g/mol. The van der Waals surface area contributed by atoms with E-state index in [1.165, 1.54) is 10.8 Å². The van der Waals surface area contributed by atoms with Crippen LogP contribution in [-0.2, 0) is 16.1 Å². The molecule has 1 aliphatic heterocycles. The molecule has 2 aromatic rings. The second kappa shape index (κ2) is 5.77. The Hall–Kier alpha value is -2.21. The van der Waals surface area contributed by atoms with Crippen molar-refractivity contribution in [3.8, 4) is 0 Å². The van der Waals surface area contributed by atoms with Gasteiger partial charge in [-0.25, -0.2) is 4.98 Å². The standard InChI is InChI=1S/C17H21N3O3/c1-12-9-19(11-17(2,3)23-12)16(22)10-20-14-7-5-4-6-13(14)18-8-15(20)21/h4-8,12H,9-11H2,1-3H3. The van der Waals surface area contributed by atoms with Crippen molar-refractivity contribution in [3.05, 3.63) is 40.8 Å². The van der Waals surface area contributed by atoms with Crippen LogP contribution in [0.3, 0.4) is 0 Å². The number of hydrogen-bond donors (Lipinski definition) is 0. The van der Waals surface area contributed by atoms with Gasteiger partial charge in [0.25, 0.3) is 5.56 Å². The average Bonchev–Trinajstić information content (AvgIpc) is 2.48. The van der Waals surface area contributed by atoms with E-state index in [-0.39, 0.29) is 29.7 Å². The molecule has 1 amide bonds. The SMILES string of the molecule is CC1CN(C(=O)Cn2c(=O)cnc3ccccc32)CC(C)(C)O1. The third-order valence-electron chi connectivity index (χ3n) is 3.97. The maximum absolute atomic E-state index is 12.7. The molecule has 0 saturated carbocycles. The van der Waals surface area contributed by atoms with Gasteiger partial charge in [-0.1, -0.05) is 12.1 Å². The van der Waals surface area contributed by atoms with Crippen LogP contribution in [-0.4, -0.2) is 45.2 Å². The highest BCUT2D eigenvalue weighted by Gasteiger charge is 2.33. The molecule has 23 heavy (non-hydrogen) atoms. The maximum atomic E-state index is 12.7. The summed E-state index contributed by atoms with van der Waals surface area (Å²) in [4.78, 5) is 30.7. The Labute approximate surface area is 134 Å². The van der Waals surface area contributed by atoms with Crippen LogP contribution in [0.25, 0.3) is 11.0 Å². The quantitative estimate of drug-likeness (QED) is 0.841. The lowest BCUT2D eigenvalue weighted by molar-refractivity contribution is -0.158. The third kappa shape index (κ3) is 3.27. The molecule has 0 spiro atoms.